The van der Waals surface area contributed by atoms with Gasteiger partial charge in [0.25, 0.3) is 0 Å². The van der Waals surface area contributed by atoms with E-state index in [1.807, 2.05) is 24.3 Å². The second-order valence-electron chi connectivity index (χ2n) is 11.0. The summed E-state index contributed by atoms with van der Waals surface area (Å²) in [5.41, 5.74) is 2.34. The van der Waals surface area contributed by atoms with Gasteiger partial charge >= 0.3 is 23.9 Å². The van der Waals surface area contributed by atoms with Crippen LogP contribution in [0.25, 0.3) is 0 Å². The number of methoxy groups -OCH3 is 1. The molecule has 12 nitrogen and oxygen atoms in total. The predicted octanol–water partition coefficient (Wildman–Crippen LogP) is 6.81. The molecule has 0 aromatic heterocycles. The van der Waals surface area contributed by atoms with Gasteiger partial charge in [-0.1, -0.05) is 25.3 Å². The highest BCUT2D eigenvalue weighted by molar-refractivity contribution is 5.92. The molecule has 0 fully saturated rings. The summed E-state index contributed by atoms with van der Waals surface area (Å²) in [6.45, 7) is 8.19. The summed E-state index contributed by atoms with van der Waals surface area (Å²) in [7, 11) is 1.61. The van der Waals surface area contributed by atoms with Crippen LogP contribution in [0.15, 0.2) is 122 Å². The lowest BCUT2D eigenvalue weighted by Crippen LogP contribution is -2.10. The Morgan fingerprint density at radius 1 is 0.537 bits per heavy atom. The first-order chi connectivity index (χ1) is 26.2. The van der Waals surface area contributed by atoms with E-state index in [1.165, 1.54) is 12.1 Å². The van der Waals surface area contributed by atoms with Crippen molar-refractivity contribution in [2.75, 3.05) is 40.1 Å². The number of ether oxygens (including phenoxy) is 7. The minimum Gasteiger partial charge on any atom is -0.497 e. The van der Waals surface area contributed by atoms with E-state index >= 15 is 0 Å². The average Bonchev–Trinajstić information content (AvgIpc) is 3.21. The first-order valence-electron chi connectivity index (χ1n) is 16.9. The van der Waals surface area contributed by atoms with E-state index in [-0.39, 0.29) is 13.2 Å². The molecule has 0 N–H and O–H groups in total. The zero-order valence-corrected chi connectivity index (χ0v) is 29.9. The minimum atomic E-state index is -0.544. The van der Waals surface area contributed by atoms with Gasteiger partial charge in [-0.15, -0.1) is 0 Å². The summed E-state index contributed by atoms with van der Waals surface area (Å²) < 4.78 is 36.4. The van der Waals surface area contributed by atoms with Crippen molar-refractivity contribution in [3.8, 4) is 23.0 Å². The van der Waals surface area contributed by atoms with Crippen LogP contribution in [-0.4, -0.2) is 70.3 Å². The summed E-state index contributed by atoms with van der Waals surface area (Å²) in [5.74, 6) is 0.420. The Labute approximate surface area is 313 Å². The second kappa shape index (κ2) is 23.7. The molecule has 0 unspecified atom stereocenters. The molecule has 0 aliphatic rings. The second-order valence-corrected chi connectivity index (χ2v) is 11.0. The van der Waals surface area contributed by atoms with Crippen molar-refractivity contribution in [1.29, 1.82) is 0 Å². The number of esters is 4. The SMILES string of the molecule is C=CC(=O)OCCCOc1ccc(C(=O)Oc2ccc(C(=O)OCCc3ccc(OC)cc3)cc2)cc1.C=CC(=O)OCCCOc1ccc(C=O)cc1. The summed E-state index contributed by atoms with van der Waals surface area (Å²) in [5, 5.41) is 0. The van der Waals surface area contributed by atoms with Crippen molar-refractivity contribution in [3.05, 3.63) is 145 Å². The van der Waals surface area contributed by atoms with Crippen LogP contribution in [0.5, 0.6) is 23.0 Å². The molecular weight excluding hydrogens is 696 g/mol. The van der Waals surface area contributed by atoms with Crippen LogP contribution in [0, 0.1) is 0 Å². The molecule has 4 rings (SSSR count). The van der Waals surface area contributed by atoms with Crippen molar-refractivity contribution in [2.24, 2.45) is 0 Å². The van der Waals surface area contributed by atoms with Crippen molar-refractivity contribution in [1.82, 2.24) is 0 Å². The van der Waals surface area contributed by atoms with Gasteiger partial charge in [0.2, 0.25) is 0 Å². The molecule has 0 amide bonds. The zero-order chi connectivity index (χ0) is 39.0. The molecule has 0 aliphatic carbocycles. The maximum atomic E-state index is 12.4. The van der Waals surface area contributed by atoms with Gasteiger partial charge in [-0.3, -0.25) is 4.79 Å². The Kier molecular flexibility index (Phi) is 18.3. The molecule has 0 aliphatic heterocycles. The Bertz CT molecular complexity index is 1800. The zero-order valence-electron chi connectivity index (χ0n) is 29.9. The number of carbonyl (C=O) groups excluding carboxylic acids is 5. The maximum absolute atomic E-state index is 12.4. The fourth-order valence-electron chi connectivity index (χ4n) is 4.25. The molecule has 0 spiro atoms. The largest absolute Gasteiger partial charge is 0.497 e. The van der Waals surface area contributed by atoms with Crippen LogP contribution in [0.1, 0.15) is 49.5 Å². The van der Waals surface area contributed by atoms with E-state index in [2.05, 4.69) is 13.2 Å². The van der Waals surface area contributed by atoms with Crippen molar-refractivity contribution >= 4 is 30.2 Å². The van der Waals surface area contributed by atoms with E-state index in [0.29, 0.717) is 73.0 Å². The van der Waals surface area contributed by atoms with Crippen LogP contribution in [0.3, 0.4) is 0 Å². The lowest BCUT2D eigenvalue weighted by molar-refractivity contribution is -0.138. The van der Waals surface area contributed by atoms with E-state index in [0.717, 1.165) is 29.8 Å². The van der Waals surface area contributed by atoms with Gasteiger partial charge in [-0.2, -0.15) is 0 Å². The van der Waals surface area contributed by atoms with Crippen LogP contribution in [0.4, 0.5) is 0 Å². The van der Waals surface area contributed by atoms with Crippen molar-refractivity contribution < 1.29 is 57.1 Å². The molecule has 0 bridgehead atoms. The van der Waals surface area contributed by atoms with Gasteiger partial charge in [0, 0.05) is 37.0 Å². The monoisotopic (exact) mass is 738 g/mol. The molecular formula is C42H42O12. The summed E-state index contributed by atoms with van der Waals surface area (Å²) >= 11 is 0. The van der Waals surface area contributed by atoms with Gasteiger partial charge in [0.15, 0.2) is 0 Å². The maximum Gasteiger partial charge on any atom is 0.343 e. The summed E-state index contributed by atoms with van der Waals surface area (Å²) in [6.07, 6.45) is 4.72. The normalized spacial score (nSPS) is 9.94. The Hall–Kier alpha value is -6.69. The molecule has 54 heavy (non-hydrogen) atoms. The number of carbonyl (C=O) groups is 5. The van der Waals surface area contributed by atoms with Crippen LogP contribution in [0.2, 0.25) is 0 Å². The highest BCUT2D eigenvalue weighted by atomic mass is 16.5. The Morgan fingerprint density at radius 2 is 1.00 bits per heavy atom. The average molecular weight is 739 g/mol. The first kappa shape index (κ1) is 41.7. The summed E-state index contributed by atoms with van der Waals surface area (Å²) in [6, 6.07) is 27.0. The predicted molar refractivity (Wildman–Crippen MR) is 199 cm³/mol. The molecule has 0 radical (unpaired) electrons. The molecule has 282 valence electrons. The molecule has 4 aromatic rings. The van der Waals surface area contributed by atoms with Gasteiger partial charge in [-0.25, -0.2) is 19.2 Å². The topological polar surface area (TPSA) is 150 Å². The number of benzene rings is 4. The van der Waals surface area contributed by atoms with Gasteiger partial charge in [0.05, 0.1) is 51.3 Å². The molecule has 0 saturated heterocycles. The van der Waals surface area contributed by atoms with E-state index < -0.39 is 23.9 Å². The third-order valence-corrected chi connectivity index (χ3v) is 7.13. The van der Waals surface area contributed by atoms with Crippen LogP contribution >= 0.6 is 0 Å². The number of hydrogen-bond donors (Lipinski definition) is 0. The smallest absolute Gasteiger partial charge is 0.343 e. The molecule has 0 heterocycles. The lowest BCUT2D eigenvalue weighted by atomic mass is 10.1. The standard InChI is InChI=1S/C29H28O8.C13H14O4/c1-3-27(30)35-19-4-18-34-25-13-7-23(8-14-25)29(32)37-26-15-9-22(10-16-26)28(31)36-20-17-21-5-11-24(33-2)12-6-21;1-2-13(15)17-9-3-8-16-12-6-4-11(10-14)5-7-12/h3,5-16H,1,4,17-20H2,2H3;2,4-7,10H,1,3,8-9H2. The Morgan fingerprint density at radius 3 is 1.48 bits per heavy atom. The quantitative estimate of drug-likeness (QED) is 0.0234. The van der Waals surface area contributed by atoms with E-state index in [4.69, 9.17) is 33.2 Å². The fourth-order valence-corrected chi connectivity index (χ4v) is 4.25. The third-order valence-electron chi connectivity index (χ3n) is 7.13. The molecule has 4 aromatic carbocycles. The van der Waals surface area contributed by atoms with Crippen molar-refractivity contribution in [2.45, 2.75) is 19.3 Å². The van der Waals surface area contributed by atoms with Crippen LogP contribution < -0.4 is 18.9 Å². The van der Waals surface area contributed by atoms with Gasteiger partial charge in [-0.05, 0) is 90.5 Å². The first-order valence-corrected chi connectivity index (χ1v) is 16.9. The summed E-state index contributed by atoms with van der Waals surface area (Å²) in [4.78, 5) is 56.8. The fraction of sp³-hybridized carbons (Fsp3) is 0.214. The van der Waals surface area contributed by atoms with Crippen molar-refractivity contribution in [3.63, 3.8) is 0 Å². The van der Waals surface area contributed by atoms with Crippen LogP contribution in [-0.2, 0) is 30.2 Å². The van der Waals surface area contributed by atoms with E-state index in [9.17, 15) is 24.0 Å². The van der Waals surface area contributed by atoms with E-state index in [1.54, 1.807) is 67.8 Å². The molecule has 12 heteroatoms. The molecule has 0 saturated carbocycles. The molecule has 0 atom stereocenters. The third kappa shape index (κ3) is 15.7. The minimum absolute atomic E-state index is 0.232. The Balaban J connectivity index is 0.000000386. The van der Waals surface area contributed by atoms with Gasteiger partial charge in [0.1, 0.15) is 29.3 Å². The highest BCUT2D eigenvalue weighted by Gasteiger charge is 2.12. The number of aldehydes is 1. The number of hydrogen-bond acceptors (Lipinski definition) is 12. The van der Waals surface area contributed by atoms with Gasteiger partial charge < -0.3 is 33.2 Å². The highest BCUT2D eigenvalue weighted by Crippen LogP contribution is 2.18. The lowest BCUT2D eigenvalue weighted by Gasteiger charge is -2.08. The number of rotatable bonds is 20.